The first-order valence-electron chi connectivity index (χ1n) is 7.05. The minimum absolute atomic E-state index is 0.403. The largest absolute Gasteiger partial charge is 0.178 e. The molecule has 0 amide bonds. The third-order valence-electron chi connectivity index (χ3n) is 2.05. The molecule has 0 saturated heterocycles. The van der Waals surface area contributed by atoms with Crippen LogP contribution in [0, 0.1) is 0 Å². The molecule has 0 aliphatic heterocycles. The Balaban J connectivity index is 0. The average molecular weight is 557 g/mol. The van der Waals surface area contributed by atoms with Gasteiger partial charge in [0, 0.05) is 67.0 Å². The van der Waals surface area contributed by atoms with Crippen LogP contribution in [0.2, 0.25) is 0 Å². The maximum atomic E-state index is 4.33. The van der Waals surface area contributed by atoms with E-state index in [9.17, 15) is 0 Å². The molecule has 4 unspecified atom stereocenters. The highest BCUT2D eigenvalue weighted by molar-refractivity contribution is 8.77. The van der Waals surface area contributed by atoms with Crippen LogP contribution in [0.5, 0.6) is 0 Å². The molecular weight excluding hydrogens is 529 g/mol. The number of rotatable bonds is 14. The first-order valence-corrected chi connectivity index (χ1v) is 16.6. The molecule has 0 rings (SSSR count). The maximum absolute atomic E-state index is 4.33. The van der Waals surface area contributed by atoms with Crippen molar-refractivity contribution in [3.8, 4) is 0 Å². The van der Waals surface area contributed by atoms with E-state index in [0.717, 1.165) is 46.0 Å². The quantitative estimate of drug-likeness (QED) is 0.0791. The smallest absolute Gasteiger partial charge is 0.0204 e. The standard InChI is InChI=1S/2C6H14S6/c2*7-1-5(9)3-11-12-4-6(10)2-8/h2*5-10H,1-4H2. The zero-order chi connectivity index (χ0) is 18.8. The zero-order valence-corrected chi connectivity index (χ0v) is 23.6. The van der Waals surface area contributed by atoms with E-state index in [2.05, 4.69) is 101 Å². The molecule has 0 spiro atoms. The molecule has 0 N–H and O–H groups in total. The molecule has 0 aromatic heterocycles. The van der Waals surface area contributed by atoms with E-state index in [-0.39, 0.29) is 0 Å². The minimum atomic E-state index is 0.403. The second-order valence-electron chi connectivity index (χ2n) is 4.48. The lowest BCUT2D eigenvalue weighted by Crippen LogP contribution is -2.05. The topological polar surface area (TPSA) is 0 Å². The Labute approximate surface area is 208 Å². The van der Waals surface area contributed by atoms with Gasteiger partial charge in [0.2, 0.25) is 0 Å². The Hall–Kier alpha value is 4.20. The first kappa shape index (κ1) is 30.4. The van der Waals surface area contributed by atoms with E-state index < -0.39 is 0 Å². The van der Waals surface area contributed by atoms with Crippen molar-refractivity contribution in [3.63, 3.8) is 0 Å². The number of hydrogen-bond donors (Lipinski definition) is 8. The van der Waals surface area contributed by atoms with E-state index in [0.29, 0.717) is 21.0 Å². The highest BCUT2D eigenvalue weighted by Gasteiger charge is 2.04. The van der Waals surface area contributed by atoms with Crippen LogP contribution in [0.25, 0.3) is 0 Å². The highest BCUT2D eigenvalue weighted by atomic mass is 33.1. The van der Waals surface area contributed by atoms with Crippen LogP contribution in [0.15, 0.2) is 0 Å². The summed E-state index contributed by atoms with van der Waals surface area (Å²) in [5.74, 6) is 7.55. The Morgan fingerprint density at radius 3 is 0.708 bits per heavy atom. The predicted molar refractivity (Wildman–Crippen MR) is 156 cm³/mol. The molecule has 0 aromatic rings. The summed E-state index contributed by atoms with van der Waals surface area (Å²) < 4.78 is 0. The van der Waals surface area contributed by atoms with E-state index in [1.54, 1.807) is 0 Å². The highest BCUT2D eigenvalue weighted by Crippen LogP contribution is 2.26. The predicted octanol–water partition coefficient (Wildman–Crippen LogP) is 5.65. The molecule has 4 atom stereocenters. The summed E-state index contributed by atoms with van der Waals surface area (Å²) in [5, 5.41) is 1.61. The fourth-order valence-electron chi connectivity index (χ4n) is 0.717. The van der Waals surface area contributed by atoms with Crippen molar-refractivity contribution in [1.29, 1.82) is 0 Å². The maximum Gasteiger partial charge on any atom is 0.0204 e. The molecule has 0 nitrogen and oxygen atoms in total. The molecule has 0 heterocycles. The second kappa shape index (κ2) is 23.5. The van der Waals surface area contributed by atoms with Gasteiger partial charge >= 0.3 is 0 Å². The molecule has 0 aliphatic rings. The Morgan fingerprint density at radius 2 is 0.583 bits per heavy atom. The fourth-order valence-corrected chi connectivity index (χ4v) is 8.65. The monoisotopic (exact) mass is 556 g/mol. The van der Waals surface area contributed by atoms with Crippen LogP contribution < -0.4 is 0 Å². The van der Waals surface area contributed by atoms with E-state index in [1.807, 2.05) is 43.2 Å². The van der Waals surface area contributed by atoms with E-state index >= 15 is 0 Å². The van der Waals surface area contributed by atoms with Crippen LogP contribution in [-0.2, 0) is 0 Å². The SMILES string of the molecule is SCC(S)CSSCC(S)CS.SCC(S)CSSCC(S)CS. The zero-order valence-electron chi connectivity index (χ0n) is 13.2. The lowest BCUT2D eigenvalue weighted by Gasteiger charge is -2.08. The minimum Gasteiger partial charge on any atom is -0.178 e. The van der Waals surface area contributed by atoms with Crippen molar-refractivity contribution >= 4 is 144 Å². The molecular formula is C12H28S12. The van der Waals surface area contributed by atoms with Crippen molar-refractivity contribution in [2.45, 2.75) is 21.0 Å². The Morgan fingerprint density at radius 1 is 0.417 bits per heavy atom. The summed E-state index contributed by atoms with van der Waals surface area (Å²) in [6.07, 6.45) is 0. The van der Waals surface area contributed by atoms with Gasteiger partial charge in [-0.15, -0.1) is 0 Å². The lowest BCUT2D eigenvalue weighted by atomic mass is 10.6. The molecule has 0 radical (unpaired) electrons. The van der Waals surface area contributed by atoms with Gasteiger partial charge in [0.25, 0.3) is 0 Å². The van der Waals surface area contributed by atoms with Gasteiger partial charge in [0.15, 0.2) is 0 Å². The molecule has 24 heavy (non-hydrogen) atoms. The third-order valence-corrected chi connectivity index (χ3v) is 12.5. The van der Waals surface area contributed by atoms with E-state index in [4.69, 9.17) is 0 Å². The summed E-state index contributed by atoms with van der Waals surface area (Å²) in [7, 11) is 7.35. The van der Waals surface area contributed by atoms with Gasteiger partial charge in [-0.1, -0.05) is 43.2 Å². The molecule has 0 aromatic carbocycles. The van der Waals surface area contributed by atoms with Crippen LogP contribution in [0.3, 0.4) is 0 Å². The molecule has 0 saturated carbocycles. The summed E-state index contributed by atoms with van der Waals surface area (Å²) >= 11 is 33.9. The van der Waals surface area contributed by atoms with E-state index in [1.165, 1.54) is 0 Å². The van der Waals surface area contributed by atoms with Gasteiger partial charge in [-0.3, -0.25) is 0 Å². The normalized spacial score (nSPS) is 16.0. The summed E-state index contributed by atoms with van der Waals surface area (Å²) in [4.78, 5) is 0. The van der Waals surface area contributed by atoms with Crippen molar-refractivity contribution in [1.82, 2.24) is 0 Å². The van der Waals surface area contributed by atoms with Gasteiger partial charge in [-0.25, -0.2) is 0 Å². The van der Waals surface area contributed by atoms with Crippen LogP contribution in [-0.4, -0.2) is 67.0 Å². The van der Waals surface area contributed by atoms with Gasteiger partial charge in [0.1, 0.15) is 0 Å². The van der Waals surface area contributed by atoms with Crippen molar-refractivity contribution < 1.29 is 0 Å². The van der Waals surface area contributed by atoms with Crippen LogP contribution in [0.1, 0.15) is 0 Å². The summed E-state index contributed by atoms with van der Waals surface area (Å²) in [5.41, 5.74) is 0. The lowest BCUT2D eigenvalue weighted by molar-refractivity contribution is 1.17. The first-order chi connectivity index (χ1) is 11.4. The number of hydrogen-bond acceptors (Lipinski definition) is 12. The Kier molecular flexibility index (Phi) is 29.7. The molecule has 0 aliphatic carbocycles. The summed E-state index contributed by atoms with van der Waals surface area (Å²) in [6.45, 7) is 0. The van der Waals surface area contributed by atoms with Gasteiger partial charge in [0.05, 0.1) is 0 Å². The van der Waals surface area contributed by atoms with Crippen molar-refractivity contribution in [2.24, 2.45) is 0 Å². The Bertz CT molecular complexity index is 196. The van der Waals surface area contributed by atoms with Crippen molar-refractivity contribution in [3.05, 3.63) is 0 Å². The number of thiol groups is 8. The van der Waals surface area contributed by atoms with Gasteiger partial charge < -0.3 is 0 Å². The second-order valence-corrected chi connectivity index (χ2v) is 14.0. The fraction of sp³-hybridized carbons (Fsp3) is 1.00. The molecule has 0 fully saturated rings. The molecule has 148 valence electrons. The van der Waals surface area contributed by atoms with Crippen LogP contribution >= 0.6 is 144 Å². The van der Waals surface area contributed by atoms with Gasteiger partial charge in [-0.2, -0.15) is 101 Å². The average Bonchev–Trinajstić information content (AvgIpc) is 2.61. The third kappa shape index (κ3) is 24.2. The van der Waals surface area contributed by atoms with Gasteiger partial charge in [-0.05, 0) is 0 Å². The molecule has 12 heteroatoms. The molecule has 0 bridgehead atoms. The van der Waals surface area contributed by atoms with Crippen molar-refractivity contribution in [2.75, 3.05) is 46.0 Å². The summed E-state index contributed by atoms with van der Waals surface area (Å²) in [6, 6.07) is 0. The van der Waals surface area contributed by atoms with Crippen LogP contribution in [0.4, 0.5) is 0 Å².